The van der Waals surface area contributed by atoms with Gasteiger partial charge in [-0.2, -0.15) is 0 Å². The van der Waals surface area contributed by atoms with Crippen LogP contribution in [0.1, 0.15) is 99.8 Å². The first kappa shape index (κ1) is 32.9. The van der Waals surface area contributed by atoms with Crippen molar-refractivity contribution < 1.29 is 19.4 Å². The van der Waals surface area contributed by atoms with E-state index in [2.05, 4.69) is 43.6 Å². The van der Waals surface area contributed by atoms with Crippen LogP contribution in [0, 0.1) is 11.8 Å². The highest BCUT2D eigenvalue weighted by Crippen LogP contribution is 2.17. The van der Waals surface area contributed by atoms with Gasteiger partial charge in [-0.25, -0.2) is 0 Å². The molecule has 0 radical (unpaired) electrons. The number of phenols is 1. The Kier molecular flexibility index (Phi) is 21.0. The van der Waals surface area contributed by atoms with Crippen LogP contribution < -0.4 is 4.74 Å². The smallest absolute Gasteiger partial charge is 0.150 e. The zero-order chi connectivity index (χ0) is 26.3. The molecule has 0 bridgehead atoms. The molecule has 2 atom stereocenters. The average molecular weight is 550 g/mol. The fourth-order valence-corrected chi connectivity index (χ4v) is 3.97. The minimum absolute atomic E-state index is 0.181. The van der Waals surface area contributed by atoms with Crippen molar-refractivity contribution in [1.82, 2.24) is 0 Å². The molecule has 0 aliphatic heterocycles. The van der Waals surface area contributed by atoms with Crippen molar-refractivity contribution in [2.45, 2.75) is 79.1 Å². The molecular weight excluding hydrogens is 504 g/mol. The molecule has 0 fully saturated rings. The predicted octanol–water partition coefficient (Wildman–Crippen LogP) is 8.90. The summed E-state index contributed by atoms with van der Waals surface area (Å²) in [7, 11) is 0. The number of alkyl halides is 1. The largest absolute Gasteiger partial charge is 0.508 e. The molecule has 35 heavy (non-hydrogen) atoms. The second-order valence-electron chi connectivity index (χ2n) is 8.69. The highest BCUT2D eigenvalue weighted by Gasteiger charge is 2.06. The second kappa shape index (κ2) is 22.3. The van der Waals surface area contributed by atoms with Gasteiger partial charge in [0, 0.05) is 16.5 Å². The van der Waals surface area contributed by atoms with Crippen molar-refractivity contribution in [3.8, 4) is 11.5 Å². The second-order valence-corrected chi connectivity index (χ2v) is 9.34. The number of aldehydes is 2. The molecule has 5 heteroatoms. The van der Waals surface area contributed by atoms with E-state index in [1.54, 1.807) is 24.3 Å². The number of ether oxygens (including phenoxy) is 1. The van der Waals surface area contributed by atoms with Crippen LogP contribution in [0.2, 0.25) is 0 Å². The lowest BCUT2D eigenvalue weighted by Crippen LogP contribution is -2.11. The lowest BCUT2D eigenvalue weighted by molar-refractivity contribution is 0.111. The normalized spacial score (nSPS) is 11.7. The third-order valence-corrected chi connectivity index (χ3v) is 6.75. The van der Waals surface area contributed by atoms with Crippen LogP contribution in [0.5, 0.6) is 11.5 Å². The van der Waals surface area contributed by atoms with Gasteiger partial charge in [0.25, 0.3) is 0 Å². The Hall–Kier alpha value is -2.14. The number of carbonyl (C=O) groups excluding carboxylic acids is 2. The van der Waals surface area contributed by atoms with Gasteiger partial charge in [0.1, 0.15) is 24.1 Å². The van der Waals surface area contributed by atoms with Gasteiger partial charge in [-0.1, -0.05) is 82.1 Å². The molecule has 2 aromatic rings. The van der Waals surface area contributed by atoms with E-state index in [-0.39, 0.29) is 5.75 Å². The van der Waals surface area contributed by atoms with E-state index in [0.29, 0.717) is 17.0 Å². The van der Waals surface area contributed by atoms with Crippen LogP contribution >= 0.6 is 15.9 Å². The molecule has 0 spiro atoms. The number of phenolic OH excluding ortho intramolecular Hbond substituents is 1. The first-order chi connectivity index (χ1) is 17.0. The number of halogens is 1. The lowest BCUT2D eigenvalue weighted by atomic mass is 10.0. The van der Waals surface area contributed by atoms with Gasteiger partial charge < -0.3 is 9.84 Å². The molecule has 2 aromatic carbocycles. The molecule has 0 aliphatic carbocycles. The molecule has 0 saturated heterocycles. The van der Waals surface area contributed by atoms with Crippen LogP contribution in [-0.4, -0.2) is 29.6 Å². The van der Waals surface area contributed by atoms with Crippen LogP contribution in [0.3, 0.4) is 0 Å². The summed E-state index contributed by atoms with van der Waals surface area (Å²) < 4.78 is 5.74. The molecule has 0 saturated carbocycles. The third kappa shape index (κ3) is 17.0. The molecule has 0 aromatic heterocycles. The molecule has 4 nitrogen and oxygen atoms in total. The predicted molar refractivity (Wildman–Crippen MR) is 151 cm³/mol. The molecule has 0 amide bonds. The van der Waals surface area contributed by atoms with Gasteiger partial charge in [-0.05, 0) is 73.2 Å². The van der Waals surface area contributed by atoms with Crippen LogP contribution in [0.15, 0.2) is 48.5 Å². The highest BCUT2D eigenvalue weighted by molar-refractivity contribution is 9.09. The zero-order valence-electron chi connectivity index (χ0n) is 22.0. The topological polar surface area (TPSA) is 63.6 Å². The third-order valence-electron chi connectivity index (χ3n) is 5.84. The Labute approximate surface area is 221 Å². The number of carbonyl (C=O) groups is 2. The molecule has 196 valence electrons. The van der Waals surface area contributed by atoms with Crippen molar-refractivity contribution >= 4 is 28.5 Å². The van der Waals surface area contributed by atoms with Crippen molar-refractivity contribution in [1.29, 1.82) is 0 Å². The van der Waals surface area contributed by atoms with E-state index in [1.165, 1.54) is 62.4 Å². The lowest BCUT2D eigenvalue weighted by Gasteiger charge is -2.15. The highest BCUT2D eigenvalue weighted by atomic mass is 79.9. The Morgan fingerprint density at radius 1 is 0.771 bits per heavy atom. The van der Waals surface area contributed by atoms with E-state index in [1.807, 2.05) is 12.1 Å². The molecule has 2 rings (SSSR count). The van der Waals surface area contributed by atoms with Crippen molar-refractivity contribution in [3.63, 3.8) is 0 Å². The molecule has 0 aliphatic rings. The van der Waals surface area contributed by atoms with E-state index in [0.717, 1.165) is 37.3 Å². The Balaban J connectivity index is 0.000000543. The van der Waals surface area contributed by atoms with Crippen LogP contribution in [0.25, 0.3) is 0 Å². The van der Waals surface area contributed by atoms with Gasteiger partial charge in [-0.15, -0.1) is 0 Å². The zero-order valence-corrected chi connectivity index (χ0v) is 23.6. The Morgan fingerprint density at radius 2 is 1.23 bits per heavy atom. The van der Waals surface area contributed by atoms with Crippen molar-refractivity contribution in [2.24, 2.45) is 11.8 Å². The van der Waals surface area contributed by atoms with Crippen LogP contribution in [-0.2, 0) is 0 Å². The van der Waals surface area contributed by atoms with Gasteiger partial charge >= 0.3 is 0 Å². The summed E-state index contributed by atoms with van der Waals surface area (Å²) in [4.78, 5) is 20.5. The summed E-state index contributed by atoms with van der Waals surface area (Å²) in [5.74, 6) is 2.59. The maximum absolute atomic E-state index is 10.5. The van der Waals surface area contributed by atoms with E-state index >= 15 is 0 Å². The maximum atomic E-state index is 10.5. The summed E-state index contributed by atoms with van der Waals surface area (Å²) >= 11 is 3.51. The van der Waals surface area contributed by atoms with E-state index in [4.69, 9.17) is 9.84 Å². The number of hydrogen-bond donors (Lipinski definition) is 1. The first-order valence-corrected chi connectivity index (χ1v) is 14.1. The van der Waals surface area contributed by atoms with Crippen LogP contribution in [0.4, 0.5) is 0 Å². The monoisotopic (exact) mass is 548 g/mol. The summed E-state index contributed by atoms with van der Waals surface area (Å²) in [6, 6.07) is 13.4. The number of rotatable bonds is 14. The molecule has 0 heterocycles. The fraction of sp³-hybridized carbons (Fsp3) is 0.533. The summed E-state index contributed by atoms with van der Waals surface area (Å²) in [6.45, 7) is 9.71. The standard InChI is InChI=1S/C15H22O2.C8H17Br.C7H6O2/c1-3-5-6-13(4-2)12-17-15-9-7-14(11-16)8-10-15;1-3-5-6-8(4-2)7-9;8-5-6-1-3-7(9)4-2-6/h7-11,13H,3-6,12H2,1-2H3;8H,3-7H2,1-2H3;1-5,9H. The maximum Gasteiger partial charge on any atom is 0.150 e. The number of unbranched alkanes of at least 4 members (excludes halogenated alkanes) is 2. The average Bonchev–Trinajstić information content (AvgIpc) is 2.91. The molecule has 1 N–H and O–H groups in total. The van der Waals surface area contributed by atoms with E-state index in [9.17, 15) is 9.59 Å². The quantitative estimate of drug-likeness (QED) is 0.189. The molecule has 2 unspecified atom stereocenters. The Morgan fingerprint density at radius 3 is 1.63 bits per heavy atom. The minimum atomic E-state index is 0.181. The van der Waals surface area contributed by atoms with Gasteiger partial charge in [0.2, 0.25) is 0 Å². The number of aromatic hydroxyl groups is 1. The number of hydrogen-bond acceptors (Lipinski definition) is 4. The molecular formula is C30H45BrO4. The van der Waals surface area contributed by atoms with Crippen molar-refractivity contribution in [3.05, 3.63) is 59.7 Å². The van der Waals surface area contributed by atoms with Crippen molar-refractivity contribution in [2.75, 3.05) is 11.9 Å². The number of benzene rings is 2. The SMILES string of the molecule is CCCCC(CC)CBr.CCCCC(CC)COc1ccc(C=O)cc1.O=Cc1ccc(O)cc1. The fourth-order valence-electron chi connectivity index (χ4n) is 3.19. The summed E-state index contributed by atoms with van der Waals surface area (Å²) in [5, 5.41) is 9.92. The summed E-state index contributed by atoms with van der Waals surface area (Å²) in [5.41, 5.74) is 1.27. The van der Waals surface area contributed by atoms with Gasteiger partial charge in [-0.3, -0.25) is 9.59 Å². The first-order valence-electron chi connectivity index (χ1n) is 13.0. The van der Waals surface area contributed by atoms with Gasteiger partial charge in [0.05, 0.1) is 6.61 Å². The van der Waals surface area contributed by atoms with E-state index < -0.39 is 0 Å². The Bertz CT molecular complexity index is 755. The van der Waals surface area contributed by atoms with Gasteiger partial charge in [0.15, 0.2) is 0 Å². The minimum Gasteiger partial charge on any atom is -0.508 e. The summed E-state index contributed by atoms with van der Waals surface area (Å²) in [6.07, 6.45) is 11.9.